The molecule has 3 nitrogen and oxygen atoms in total. The molecule has 2 rings (SSSR count). The second-order valence-electron chi connectivity index (χ2n) is 5.77. The summed E-state index contributed by atoms with van der Waals surface area (Å²) in [5.41, 5.74) is 2.10. The average Bonchev–Trinajstić information content (AvgIpc) is 2.85. The quantitative estimate of drug-likeness (QED) is 0.827. The van der Waals surface area contributed by atoms with Gasteiger partial charge in [-0.3, -0.25) is 0 Å². The first-order valence-electron chi connectivity index (χ1n) is 7.02. The summed E-state index contributed by atoms with van der Waals surface area (Å²) in [6.07, 6.45) is 5.30. The Balaban J connectivity index is 1.94. The lowest BCUT2D eigenvalue weighted by molar-refractivity contribution is 0.0599. The van der Waals surface area contributed by atoms with Crippen molar-refractivity contribution in [3.05, 3.63) is 35.4 Å². The number of hydrogen-bond acceptors (Lipinski definition) is 3. The Kier molecular flexibility index (Phi) is 4.59. The van der Waals surface area contributed by atoms with Crippen LogP contribution in [0.5, 0.6) is 0 Å². The van der Waals surface area contributed by atoms with Crippen molar-refractivity contribution in [1.82, 2.24) is 5.32 Å². The van der Waals surface area contributed by atoms with E-state index in [1.807, 2.05) is 24.3 Å². The van der Waals surface area contributed by atoms with E-state index in [1.54, 1.807) is 0 Å². The highest BCUT2D eigenvalue weighted by Gasteiger charge is 2.27. The van der Waals surface area contributed by atoms with Crippen LogP contribution in [-0.4, -0.2) is 19.6 Å². The Morgan fingerprint density at radius 3 is 2.68 bits per heavy atom. The summed E-state index contributed by atoms with van der Waals surface area (Å²) in [6.45, 7) is 4.09. The van der Waals surface area contributed by atoms with Crippen LogP contribution < -0.4 is 5.32 Å². The fourth-order valence-electron chi connectivity index (χ4n) is 2.89. The summed E-state index contributed by atoms with van der Waals surface area (Å²) in [5, 5.41) is 3.50. The van der Waals surface area contributed by atoms with Crippen LogP contribution in [0.4, 0.5) is 0 Å². The van der Waals surface area contributed by atoms with E-state index in [0.717, 1.165) is 18.7 Å². The van der Waals surface area contributed by atoms with E-state index >= 15 is 0 Å². The van der Waals surface area contributed by atoms with Crippen LogP contribution in [0.3, 0.4) is 0 Å². The lowest BCUT2D eigenvalue weighted by Crippen LogP contribution is -2.29. The first kappa shape index (κ1) is 14.1. The molecule has 0 bridgehead atoms. The number of esters is 1. The molecule has 104 valence electrons. The molecule has 0 atom stereocenters. The summed E-state index contributed by atoms with van der Waals surface area (Å²) < 4.78 is 4.81. The molecular weight excluding hydrogens is 238 g/mol. The van der Waals surface area contributed by atoms with Crippen molar-refractivity contribution in [3.63, 3.8) is 0 Å². The lowest BCUT2D eigenvalue weighted by Gasteiger charge is -2.24. The van der Waals surface area contributed by atoms with Crippen LogP contribution in [0.25, 0.3) is 0 Å². The number of carbonyl (C=O) groups excluding carboxylic acids is 1. The summed E-state index contributed by atoms with van der Waals surface area (Å²) in [4.78, 5) is 11.7. The molecule has 0 unspecified atom stereocenters. The second-order valence-corrected chi connectivity index (χ2v) is 5.77. The van der Waals surface area contributed by atoms with Gasteiger partial charge < -0.3 is 10.1 Å². The molecule has 0 heterocycles. The smallest absolute Gasteiger partial charge is 0.338 e. The van der Waals surface area contributed by atoms with Crippen LogP contribution in [0.2, 0.25) is 0 Å². The maximum atomic E-state index is 11.7. The summed E-state index contributed by atoms with van der Waals surface area (Å²) in [7, 11) is 1.42. The summed E-state index contributed by atoms with van der Waals surface area (Å²) in [5.74, 6) is -0.260. The molecule has 3 heteroatoms. The molecule has 1 saturated carbocycles. The van der Waals surface area contributed by atoms with Gasteiger partial charge in [-0.1, -0.05) is 38.0 Å². The Hall–Kier alpha value is -1.35. The maximum absolute atomic E-state index is 11.7. The zero-order valence-corrected chi connectivity index (χ0v) is 11.9. The van der Waals surface area contributed by atoms with Crippen molar-refractivity contribution in [2.45, 2.75) is 39.2 Å². The number of methoxy groups -OCH3 is 1. The molecular formula is C16H23NO2. The zero-order chi connectivity index (χ0) is 13.7. The third-order valence-corrected chi connectivity index (χ3v) is 4.10. The Morgan fingerprint density at radius 2 is 2.00 bits per heavy atom. The van der Waals surface area contributed by atoms with Crippen LogP contribution in [0.1, 0.15) is 48.5 Å². The van der Waals surface area contributed by atoms with E-state index in [0.29, 0.717) is 11.0 Å². The predicted molar refractivity (Wildman–Crippen MR) is 76.1 cm³/mol. The first-order valence-corrected chi connectivity index (χ1v) is 7.02. The molecule has 0 saturated heterocycles. The third kappa shape index (κ3) is 3.57. The van der Waals surface area contributed by atoms with Crippen LogP contribution in [-0.2, 0) is 11.3 Å². The van der Waals surface area contributed by atoms with Gasteiger partial charge in [0, 0.05) is 13.1 Å². The van der Waals surface area contributed by atoms with Crippen LogP contribution in [0, 0.1) is 5.41 Å². The maximum Gasteiger partial charge on any atom is 0.338 e. The number of benzene rings is 1. The monoisotopic (exact) mass is 261 g/mol. The fraction of sp³-hybridized carbons (Fsp3) is 0.562. The van der Waals surface area contributed by atoms with E-state index in [2.05, 4.69) is 12.2 Å². The number of rotatable bonds is 5. The molecule has 1 aromatic carbocycles. The Labute approximate surface area is 115 Å². The van der Waals surface area contributed by atoms with Crippen molar-refractivity contribution >= 4 is 5.97 Å². The lowest BCUT2D eigenvalue weighted by atomic mass is 9.89. The van der Waals surface area contributed by atoms with E-state index in [4.69, 9.17) is 4.74 Å². The molecule has 0 aliphatic heterocycles. The highest BCUT2D eigenvalue weighted by atomic mass is 16.5. The molecule has 0 spiro atoms. The van der Waals surface area contributed by atoms with Gasteiger partial charge >= 0.3 is 5.97 Å². The van der Waals surface area contributed by atoms with Gasteiger partial charge in [0.25, 0.3) is 0 Å². The van der Waals surface area contributed by atoms with Crippen molar-refractivity contribution < 1.29 is 9.53 Å². The van der Waals surface area contributed by atoms with E-state index in [9.17, 15) is 4.79 Å². The van der Waals surface area contributed by atoms with Crippen LogP contribution in [0.15, 0.2) is 24.3 Å². The summed E-state index contributed by atoms with van der Waals surface area (Å²) in [6, 6.07) is 7.63. The number of carbonyl (C=O) groups is 1. The van der Waals surface area contributed by atoms with Crippen molar-refractivity contribution in [2.75, 3.05) is 13.7 Å². The number of nitrogens with one attached hydrogen (secondary N) is 1. The topological polar surface area (TPSA) is 38.3 Å². The largest absolute Gasteiger partial charge is 0.465 e. The van der Waals surface area contributed by atoms with Gasteiger partial charge in [-0.25, -0.2) is 4.79 Å². The summed E-state index contributed by atoms with van der Waals surface area (Å²) >= 11 is 0. The van der Waals surface area contributed by atoms with Crippen molar-refractivity contribution in [1.29, 1.82) is 0 Å². The minimum absolute atomic E-state index is 0.260. The normalized spacial score (nSPS) is 17.4. The fourth-order valence-corrected chi connectivity index (χ4v) is 2.89. The molecule has 1 N–H and O–H groups in total. The van der Waals surface area contributed by atoms with Crippen LogP contribution >= 0.6 is 0 Å². The Bertz CT molecular complexity index is 436. The molecule has 1 aliphatic rings. The van der Waals surface area contributed by atoms with Gasteiger partial charge in [-0.15, -0.1) is 0 Å². The minimum Gasteiger partial charge on any atom is -0.465 e. The van der Waals surface area contributed by atoms with E-state index in [-0.39, 0.29) is 5.97 Å². The molecule has 19 heavy (non-hydrogen) atoms. The van der Waals surface area contributed by atoms with Gasteiger partial charge in [0.1, 0.15) is 0 Å². The van der Waals surface area contributed by atoms with E-state index in [1.165, 1.54) is 32.8 Å². The highest BCUT2D eigenvalue weighted by Crippen LogP contribution is 2.36. The third-order valence-electron chi connectivity index (χ3n) is 4.10. The number of ether oxygens (including phenoxy) is 1. The Morgan fingerprint density at radius 1 is 1.32 bits per heavy atom. The van der Waals surface area contributed by atoms with Gasteiger partial charge in [0.05, 0.1) is 12.7 Å². The molecule has 0 radical (unpaired) electrons. The average molecular weight is 261 g/mol. The van der Waals surface area contributed by atoms with Gasteiger partial charge in [-0.2, -0.15) is 0 Å². The van der Waals surface area contributed by atoms with Gasteiger partial charge in [-0.05, 0) is 29.9 Å². The molecule has 1 fully saturated rings. The first-order chi connectivity index (χ1) is 9.14. The van der Waals surface area contributed by atoms with E-state index < -0.39 is 0 Å². The number of hydrogen-bond donors (Lipinski definition) is 1. The highest BCUT2D eigenvalue weighted by molar-refractivity contribution is 5.90. The minimum atomic E-state index is -0.260. The molecule has 1 aromatic rings. The van der Waals surface area contributed by atoms with Gasteiger partial charge in [0.15, 0.2) is 0 Å². The molecule has 0 aromatic heterocycles. The van der Waals surface area contributed by atoms with Crippen molar-refractivity contribution in [3.8, 4) is 0 Å². The van der Waals surface area contributed by atoms with Crippen molar-refractivity contribution in [2.24, 2.45) is 5.41 Å². The van der Waals surface area contributed by atoms with Gasteiger partial charge in [0.2, 0.25) is 0 Å². The molecule has 0 amide bonds. The molecule has 1 aliphatic carbocycles. The second kappa shape index (κ2) is 6.20. The standard InChI is InChI=1S/C16H23NO2/c1-16(9-5-6-10-16)12-17-11-13-7-3-4-8-14(13)15(18)19-2/h3-4,7-8,17H,5-6,9-12H2,1-2H3. The SMILES string of the molecule is COC(=O)c1ccccc1CNCC1(C)CCCC1. The predicted octanol–water partition coefficient (Wildman–Crippen LogP) is 3.14. The zero-order valence-electron chi connectivity index (χ0n) is 11.9.